The molecule has 0 spiro atoms. The minimum Gasteiger partial charge on any atom is -0.345 e. The first-order chi connectivity index (χ1) is 14.7. The molecule has 3 rings (SSSR count). The van der Waals surface area contributed by atoms with E-state index in [4.69, 9.17) is 34.8 Å². The summed E-state index contributed by atoms with van der Waals surface area (Å²) in [5.41, 5.74) is 3.48. The van der Waals surface area contributed by atoms with Gasteiger partial charge < -0.3 is 10.6 Å². The van der Waals surface area contributed by atoms with Crippen molar-refractivity contribution in [2.75, 3.05) is 10.7 Å². The van der Waals surface area contributed by atoms with E-state index in [1.165, 1.54) is 10.7 Å². The zero-order valence-electron chi connectivity index (χ0n) is 16.6. The number of nitrogens with zero attached hydrogens (tertiary/aromatic N) is 1. The van der Waals surface area contributed by atoms with Gasteiger partial charge in [0.2, 0.25) is 0 Å². The number of anilines is 1. The van der Waals surface area contributed by atoms with Crippen molar-refractivity contribution in [2.24, 2.45) is 0 Å². The van der Waals surface area contributed by atoms with Crippen LogP contribution in [0.5, 0.6) is 0 Å². The summed E-state index contributed by atoms with van der Waals surface area (Å²) in [6.07, 6.45) is 0.668. The molecule has 2 aromatic carbocycles. The van der Waals surface area contributed by atoms with Gasteiger partial charge in [-0.1, -0.05) is 41.7 Å². The molecule has 0 radical (unpaired) electrons. The Kier molecular flexibility index (Phi) is 7.10. The lowest BCUT2D eigenvalue weighted by Crippen LogP contribution is -2.43. The van der Waals surface area contributed by atoms with Gasteiger partial charge in [0.1, 0.15) is 5.69 Å². The minimum atomic E-state index is -0.906. The standard InChI is InChI=1S/C21H19Cl3N4O3/c1-3-11(2)25-20(30)21(31)27-28-17-7-4-13(22)8-12(17)9-18(28)19(29)26-14-5-6-15(23)16(24)10-14/h4-11H,3H2,1-2H3,(H,25,30)(H,26,29)(H,27,31)/t11-/m1/s1. The number of nitrogens with one attached hydrogen (secondary N) is 3. The van der Waals surface area contributed by atoms with E-state index >= 15 is 0 Å². The van der Waals surface area contributed by atoms with Crippen LogP contribution in [0.15, 0.2) is 42.5 Å². The fourth-order valence-corrected chi connectivity index (χ4v) is 3.27. The number of hydrogen-bond donors (Lipinski definition) is 3. The van der Waals surface area contributed by atoms with Crippen LogP contribution in [0.1, 0.15) is 30.8 Å². The van der Waals surface area contributed by atoms with Crippen LogP contribution >= 0.6 is 34.8 Å². The first-order valence-corrected chi connectivity index (χ1v) is 10.5. The van der Waals surface area contributed by atoms with Crippen LogP contribution < -0.4 is 16.1 Å². The molecule has 1 atom stereocenters. The molecule has 0 aliphatic rings. The molecule has 0 saturated heterocycles. The van der Waals surface area contributed by atoms with E-state index < -0.39 is 17.7 Å². The monoisotopic (exact) mass is 480 g/mol. The number of fused-ring (bicyclic) bond motifs is 1. The molecule has 0 bridgehead atoms. The molecule has 3 aromatic rings. The molecule has 1 heterocycles. The summed E-state index contributed by atoms with van der Waals surface area (Å²) >= 11 is 18.0. The van der Waals surface area contributed by atoms with Crippen LogP contribution in [-0.4, -0.2) is 28.4 Å². The molecule has 0 unspecified atom stereocenters. The van der Waals surface area contributed by atoms with Crippen molar-refractivity contribution in [1.82, 2.24) is 9.99 Å². The molecule has 3 amide bonds. The van der Waals surface area contributed by atoms with Crippen LogP contribution in [0.25, 0.3) is 10.9 Å². The highest BCUT2D eigenvalue weighted by molar-refractivity contribution is 6.42. The summed E-state index contributed by atoms with van der Waals surface area (Å²) in [6.45, 7) is 3.67. The van der Waals surface area contributed by atoms with E-state index in [1.807, 2.05) is 6.92 Å². The summed E-state index contributed by atoms with van der Waals surface area (Å²) in [7, 11) is 0. The number of halogens is 3. The Bertz CT molecular complexity index is 1180. The highest BCUT2D eigenvalue weighted by Gasteiger charge is 2.22. The summed E-state index contributed by atoms with van der Waals surface area (Å²) in [6, 6.07) is 10.9. The molecular weight excluding hydrogens is 463 g/mol. The maximum Gasteiger partial charge on any atom is 0.328 e. The van der Waals surface area contributed by atoms with Gasteiger partial charge in [-0.05, 0) is 55.8 Å². The second kappa shape index (κ2) is 9.60. The maximum absolute atomic E-state index is 13.0. The third-order valence-electron chi connectivity index (χ3n) is 4.58. The lowest BCUT2D eigenvalue weighted by molar-refractivity contribution is -0.137. The average Bonchev–Trinajstić information content (AvgIpc) is 3.07. The van der Waals surface area contributed by atoms with Gasteiger partial charge in [0.25, 0.3) is 5.91 Å². The van der Waals surface area contributed by atoms with Crippen molar-refractivity contribution in [3.05, 3.63) is 63.2 Å². The molecule has 10 heteroatoms. The summed E-state index contributed by atoms with van der Waals surface area (Å²) in [5, 5.41) is 6.98. The number of carbonyl (C=O) groups excluding carboxylic acids is 3. The van der Waals surface area contributed by atoms with E-state index in [9.17, 15) is 14.4 Å². The molecule has 1 aromatic heterocycles. The van der Waals surface area contributed by atoms with Crippen molar-refractivity contribution >= 4 is 69.1 Å². The Morgan fingerprint density at radius 1 is 0.968 bits per heavy atom. The van der Waals surface area contributed by atoms with Crippen molar-refractivity contribution in [3.8, 4) is 0 Å². The zero-order chi connectivity index (χ0) is 22.7. The van der Waals surface area contributed by atoms with Crippen LogP contribution in [-0.2, 0) is 9.59 Å². The fraction of sp³-hybridized carbons (Fsp3) is 0.190. The lowest BCUT2D eigenvalue weighted by Gasteiger charge is -2.14. The number of carbonyl (C=O) groups is 3. The summed E-state index contributed by atoms with van der Waals surface area (Å²) < 4.78 is 1.25. The van der Waals surface area contributed by atoms with Gasteiger partial charge in [0, 0.05) is 22.1 Å². The Morgan fingerprint density at radius 2 is 1.71 bits per heavy atom. The molecule has 0 aliphatic heterocycles. The van der Waals surface area contributed by atoms with Crippen LogP contribution in [0.2, 0.25) is 15.1 Å². The molecule has 162 valence electrons. The lowest BCUT2D eigenvalue weighted by atomic mass is 10.2. The molecule has 31 heavy (non-hydrogen) atoms. The van der Waals surface area contributed by atoms with E-state index in [2.05, 4.69) is 16.1 Å². The first kappa shape index (κ1) is 22.9. The number of aromatic nitrogens is 1. The second-order valence-electron chi connectivity index (χ2n) is 6.87. The third-order valence-corrected chi connectivity index (χ3v) is 5.56. The highest BCUT2D eigenvalue weighted by Crippen LogP contribution is 2.27. The highest BCUT2D eigenvalue weighted by atomic mass is 35.5. The van der Waals surface area contributed by atoms with E-state index in [-0.39, 0.29) is 16.8 Å². The van der Waals surface area contributed by atoms with Crippen molar-refractivity contribution in [2.45, 2.75) is 26.3 Å². The second-order valence-corrected chi connectivity index (χ2v) is 8.13. The largest absolute Gasteiger partial charge is 0.345 e. The Balaban J connectivity index is 1.94. The maximum atomic E-state index is 13.0. The molecule has 3 N–H and O–H groups in total. The Hall–Kier alpha value is -2.74. The average molecular weight is 482 g/mol. The number of rotatable bonds is 5. The molecular formula is C21H19Cl3N4O3. The third kappa shape index (κ3) is 5.31. The first-order valence-electron chi connectivity index (χ1n) is 9.38. The van der Waals surface area contributed by atoms with Crippen LogP contribution in [0.3, 0.4) is 0 Å². The molecule has 0 aliphatic carbocycles. The molecule has 7 nitrogen and oxygen atoms in total. The van der Waals surface area contributed by atoms with Crippen molar-refractivity contribution in [3.63, 3.8) is 0 Å². The van der Waals surface area contributed by atoms with Gasteiger partial charge in [0.15, 0.2) is 0 Å². The predicted molar refractivity (Wildman–Crippen MR) is 124 cm³/mol. The summed E-state index contributed by atoms with van der Waals surface area (Å²) in [5.74, 6) is -2.24. The van der Waals surface area contributed by atoms with Gasteiger partial charge in [-0.15, -0.1) is 0 Å². The fourth-order valence-electron chi connectivity index (χ4n) is 2.79. The van der Waals surface area contributed by atoms with Crippen molar-refractivity contribution in [1.29, 1.82) is 0 Å². The van der Waals surface area contributed by atoms with Gasteiger partial charge in [0.05, 0.1) is 15.6 Å². The Morgan fingerprint density at radius 3 is 2.39 bits per heavy atom. The predicted octanol–water partition coefficient (Wildman–Crippen LogP) is 4.84. The van der Waals surface area contributed by atoms with Crippen LogP contribution in [0.4, 0.5) is 5.69 Å². The smallest absolute Gasteiger partial charge is 0.328 e. The number of benzene rings is 2. The quantitative estimate of drug-likeness (QED) is 0.455. The van der Waals surface area contributed by atoms with E-state index in [0.717, 1.165) is 0 Å². The van der Waals surface area contributed by atoms with Gasteiger partial charge in [-0.25, -0.2) is 4.68 Å². The normalized spacial score (nSPS) is 11.8. The van der Waals surface area contributed by atoms with Gasteiger partial charge >= 0.3 is 11.8 Å². The zero-order valence-corrected chi connectivity index (χ0v) is 18.9. The Labute approximate surface area is 193 Å². The van der Waals surface area contributed by atoms with E-state index in [0.29, 0.717) is 33.1 Å². The van der Waals surface area contributed by atoms with Gasteiger partial charge in [-0.3, -0.25) is 19.8 Å². The number of hydrogen-bond acceptors (Lipinski definition) is 3. The van der Waals surface area contributed by atoms with Crippen LogP contribution in [0, 0.1) is 0 Å². The van der Waals surface area contributed by atoms with E-state index in [1.54, 1.807) is 43.3 Å². The minimum absolute atomic E-state index is 0.0908. The summed E-state index contributed by atoms with van der Waals surface area (Å²) in [4.78, 5) is 37.6. The van der Waals surface area contributed by atoms with Crippen molar-refractivity contribution < 1.29 is 14.4 Å². The SMILES string of the molecule is CC[C@@H](C)NC(=O)C(=O)Nn1c(C(=O)Nc2ccc(Cl)c(Cl)c2)cc2cc(Cl)ccc21. The van der Waals surface area contributed by atoms with Gasteiger partial charge in [-0.2, -0.15) is 0 Å². The molecule has 0 fully saturated rings. The number of amides is 3. The molecule has 0 saturated carbocycles. The topological polar surface area (TPSA) is 92.2 Å².